The van der Waals surface area contributed by atoms with Gasteiger partial charge in [0.15, 0.2) is 0 Å². The minimum absolute atomic E-state index is 0.188. The van der Waals surface area contributed by atoms with Crippen LogP contribution in [-0.4, -0.2) is 25.2 Å². The summed E-state index contributed by atoms with van der Waals surface area (Å²) in [5.74, 6) is 0.516. The summed E-state index contributed by atoms with van der Waals surface area (Å²) in [4.78, 5) is 0. The number of aromatic nitrogens is 5. The van der Waals surface area contributed by atoms with Gasteiger partial charge in [-0.1, -0.05) is 62.2 Å². The zero-order valence-electron chi connectivity index (χ0n) is 19.1. The molecule has 0 bridgehead atoms. The van der Waals surface area contributed by atoms with Gasteiger partial charge in [-0.3, -0.25) is 0 Å². The highest BCUT2D eigenvalue weighted by Gasteiger charge is 2.31. The van der Waals surface area contributed by atoms with Gasteiger partial charge in [-0.25, -0.2) is 0 Å². The maximum absolute atomic E-state index is 13.4. The molecule has 2 heterocycles. The van der Waals surface area contributed by atoms with Gasteiger partial charge in [0.25, 0.3) is 0 Å². The van der Waals surface area contributed by atoms with Crippen molar-refractivity contribution < 1.29 is 13.2 Å². The molecule has 1 atom stereocenters. The molecule has 2 aromatic heterocycles. The van der Waals surface area contributed by atoms with Gasteiger partial charge in [0.2, 0.25) is 5.82 Å². The molecular formula is C27H24F3N5. The summed E-state index contributed by atoms with van der Waals surface area (Å²) >= 11 is 0. The molecule has 35 heavy (non-hydrogen) atoms. The van der Waals surface area contributed by atoms with Gasteiger partial charge < -0.3 is 4.57 Å². The Bertz CT molecular complexity index is 1440. The van der Waals surface area contributed by atoms with Crippen molar-refractivity contribution in [2.75, 3.05) is 0 Å². The van der Waals surface area contributed by atoms with Crippen molar-refractivity contribution in [1.82, 2.24) is 25.2 Å². The number of halogens is 3. The van der Waals surface area contributed by atoms with E-state index in [4.69, 9.17) is 0 Å². The maximum atomic E-state index is 13.4. The standard InChI is InChI=1S/C27H24F3N5/c1-2-3-11-24(19-7-6-8-21(17-19)27(28,29)30)35-15-14-20-16-18(12-13-25(20)35)22-9-4-5-10-23(22)26-31-33-34-32-26/h4-10,12-17,24H,2-3,11H2,1H3,(H,31,32,33,34). The first-order valence-electron chi connectivity index (χ1n) is 11.6. The number of hydrogen-bond acceptors (Lipinski definition) is 3. The topological polar surface area (TPSA) is 59.4 Å². The quantitative estimate of drug-likeness (QED) is 0.269. The fourth-order valence-electron chi connectivity index (χ4n) is 4.60. The van der Waals surface area contributed by atoms with Gasteiger partial charge >= 0.3 is 6.18 Å². The van der Waals surface area contributed by atoms with E-state index in [0.29, 0.717) is 11.4 Å². The lowest BCUT2D eigenvalue weighted by Gasteiger charge is -2.22. The lowest BCUT2D eigenvalue weighted by atomic mass is 9.97. The van der Waals surface area contributed by atoms with E-state index < -0.39 is 11.7 Å². The lowest BCUT2D eigenvalue weighted by molar-refractivity contribution is -0.137. The third-order valence-electron chi connectivity index (χ3n) is 6.31. The number of nitrogens with zero attached hydrogens (tertiary/aromatic N) is 4. The summed E-state index contributed by atoms with van der Waals surface area (Å²) in [7, 11) is 0. The number of hydrogen-bond donors (Lipinski definition) is 1. The van der Waals surface area contributed by atoms with Crippen LogP contribution in [0.4, 0.5) is 13.2 Å². The number of fused-ring (bicyclic) bond motifs is 1. The minimum atomic E-state index is -4.37. The number of H-pyrrole nitrogens is 1. The first-order chi connectivity index (χ1) is 17.0. The number of aromatic amines is 1. The maximum Gasteiger partial charge on any atom is 0.416 e. The second-order valence-corrected chi connectivity index (χ2v) is 8.56. The average molecular weight is 476 g/mol. The van der Waals surface area contributed by atoms with Crippen LogP contribution in [0.15, 0.2) is 79.0 Å². The van der Waals surface area contributed by atoms with E-state index in [1.807, 2.05) is 48.7 Å². The fraction of sp³-hybridized carbons (Fsp3) is 0.222. The Hall–Kier alpha value is -3.94. The zero-order valence-corrected chi connectivity index (χ0v) is 19.1. The summed E-state index contributed by atoms with van der Waals surface area (Å²) in [5.41, 5.74) is 3.86. The second-order valence-electron chi connectivity index (χ2n) is 8.56. The van der Waals surface area contributed by atoms with Gasteiger partial charge in [-0.2, -0.15) is 18.4 Å². The van der Waals surface area contributed by atoms with E-state index in [9.17, 15) is 13.2 Å². The molecule has 1 unspecified atom stereocenters. The van der Waals surface area contributed by atoms with E-state index in [1.165, 1.54) is 12.1 Å². The van der Waals surface area contributed by atoms with Gasteiger partial charge in [-0.15, -0.1) is 10.2 Å². The molecule has 0 saturated heterocycles. The summed E-state index contributed by atoms with van der Waals surface area (Å²) in [6.07, 6.45) is 0.234. The smallest absolute Gasteiger partial charge is 0.340 e. The van der Waals surface area contributed by atoms with Crippen LogP contribution in [0.2, 0.25) is 0 Å². The van der Waals surface area contributed by atoms with Crippen molar-refractivity contribution >= 4 is 10.9 Å². The van der Waals surface area contributed by atoms with Gasteiger partial charge in [0.05, 0.1) is 11.6 Å². The van der Waals surface area contributed by atoms with E-state index in [1.54, 1.807) is 6.07 Å². The molecule has 8 heteroatoms. The predicted octanol–water partition coefficient (Wildman–Crippen LogP) is 7.29. The minimum Gasteiger partial charge on any atom is -0.340 e. The van der Waals surface area contributed by atoms with Crippen LogP contribution >= 0.6 is 0 Å². The summed E-state index contributed by atoms with van der Waals surface area (Å²) in [5, 5.41) is 15.4. The Morgan fingerprint density at radius 2 is 1.77 bits per heavy atom. The molecule has 5 nitrogen and oxygen atoms in total. The summed E-state index contributed by atoms with van der Waals surface area (Å²) < 4.78 is 42.3. The monoisotopic (exact) mass is 475 g/mol. The van der Waals surface area contributed by atoms with Crippen LogP contribution in [-0.2, 0) is 6.18 Å². The molecular weight excluding hydrogens is 451 g/mol. The molecule has 0 saturated carbocycles. The molecule has 0 fully saturated rings. The Morgan fingerprint density at radius 3 is 2.51 bits per heavy atom. The van der Waals surface area contributed by atoms with Crippen LogP contribution in [0.5, 0.6) is 0 Å². The molecule has 0 aliphatic carbocycles. The van der Waals surface area contributed by atoms with Gasteiger partial charge in [0, 0.05) is 22.7 Å². The van der Waals surface area contributed by atoms with E-state index in [0.717, 1.165) is 52.9 Å². The molecule has 0 aliphatic heterocycles. The Balaban J connectivity index is 1.57. The molecule has 0 radical (unpaired) electrons. The highest BCUT2D eigenvalue weighted by atomic mass is 19.4. The van der Waals surface area contributed by atoms with Gasteiger partial charge in [-0.05, 0) is 58.7 Å². The van der Waals surface area contributed by atoms with Crippen molar-refractivity contribution in [1.29, 1.82) is 0 Å². The van der Waals surface area contributed by atoms with Gasteiger partial charge in [0.1, 0.15) is 0 Å². The summed E-state index contributed by atoms with van der Waals surface area (Å²) in [6, 6.07) is 21.5. The SMILES string of the molecule is CCCCC(c1cccc(C(F)(F)F)c1)n1ccc2cc(-c3ccccc3-c3nn[nH]n3)ccc21. The van der Waals surface area contributed by atoms with Crippen LogP contribution < -0.4 is 0 Å². The van der Waals surface area contributed by atoms with Crippen molar-refractivity contribution in [3.63, 3.8) is 0 Å². The Labute approximate surface area is 200 Å². The second kappa shape index (κ2) is 9.37. The van der Waals surface area contributed by atoms with E-state index in [2.05, 4.69) is 38.2 Å². The lowest BCUT2D eigenvalue weighted by Crippen LogP contribution is -2.12. The highest BCUT2D eigenvalue weighted by Crippen LogP contribution is 2.36. The van der Waals surface area contributed by atoms with Crippen LogP contribution in [0, 0.1) is 0 Å². The molecule has 5 rings (SSSR count). The molecule has 0 aliphatic rings. The average Bonchev–Trinajstić information content (AvgIpc) is 3.54. The van der Waals surface area contributed by atoms with E-state index in [-0.39, 0.29) is 6.04 Å². The first kappa shape index (κ1) is 22.8. The largest absolute Gasteiger partial charge is 0.416 e. The third-order valence-corrected chi connectivity index (χ3v) is 6.31. The van der Waals surface area contributed by atoms with Crippen LogP contribution in [0.1, 0.15) is 43.4 Å². The van der Waals surface area contributed by atoms with Crippen molar-refractivity contribution in [3.8, 4) is 22.5 Å². The van der Waals surface area contributed by atoms with Crippen molar-refractivity contribution in [2.24, 2.45) is 0 Å². The van der Waals surface area contributed by atoms with Crippen molar-refractivity contribution in [3.05, 3.63) is 90.1 Å². The highest BCUT2D eigenvalue weighted by molar-refractivity contribution is 5.89. The number of unbranched alkanes of at least 4 members (excludes halogenated alkanes) is 1. The summed E-state index contributed by atoms with van der Waals surface area (Å²) in [6.45, 7) is 2.09. The number of tetrazole rings is 1. The first-order valence-corrected chi connectivity index (χ1v) is 11.6. The third kappa shape index (κ3) is 4.56. The predicted molar refractivity (Wildman–Crippen MR) is 130 cm³/mol. The van der Waals surface area contributed by atoms with Crippen LogP contribution in [0.25, 0.3) is 33.4 Å². The fourth-order valence-corrected chi connectivity index (χ4v) is 4.60. The van der Waals surface area contributed by atoms with Crippen LogP contribution in [0.3, 0.4) is 0 Å². The molecule has 178 valence electrons. The molecule has 0 amide bonds. The molecule has 5 aromatic rings. The number of rotatable bonds is 7. The number of nitrogens with one attached hydrogen (secondary N) is 1. The molecule has 1 N–H and O–H groups in total. The zero-order chi connectivity index (χ0) is 24.4. The van der Waals surface area contributed by atoms with E-state index >= 15 is 0 Å². The molecule has 3 aromatic carbocycles. The Morgan fingerprint density at radius 1 is 0.943 bits per heavy atom. The number of benzene rings is 3. The molecule has 0 spiro atoms. The van der Waals surface area contributed by atoms with Crippen molar-refractivity contribution in [2.45, 2.75) is 38.4 Å². The normalized spacial score (nSPS) is 12.8. The number of alkyl halides is 3. The Kier molecular flexibility index (Phi) is 6.11.